The molecule has 92 valence electrons. The van der Waals surface area contributed by atoms with Gasteiger partial charge in [-0.1, -0.05) is 0 Å². The summed E-state index contributed by atoms with van der Waals surface area (Å²) < 4.78 is 39.3. The van der Waals surface area contributed by atoms with Crippen LogP contribution in [0, 0.1) is 17.5 Å². The van der Waals surface area contributed by atoms with Gasteiger partial charge in [-0.15, -0.1) is 0 Å². The van der Waals surface area contributed by atoms with Gasteiger partial charge in [-0.2, -0.15) is 0 Å². The molecule has 1 aliphatic heterocycles. The van der Waals surface area contributed by atoms with Crippen LogP contribution in [0.5, 0.6) is 0 Å². The van der Waals surface area contributed by atoms with E-state index >= 15 is 0 Å². The molecule has 1 aromatic rings. The topological polar surface area (TPSA) is 40.5 Å². The Kier molecular flexibility index (Phi) is 2.95. The number of rotatable bonds is 2. The Labute approximate surface area is 95.5 Å². The highest BCUT2D eigenvalue weighted by Gasteiger charge is 2.33. The summed E-state index contributed by atoms with van der Waals surface area (Å²) in [6, 6.07) is 0.981. The Morgan fingerprint density at radius 2 is 2.00 bits per heavy atom. The average molecular weight is 245 g/mol. The van der Waals surface area contributed by atoms with Crippen molar-refractivity contribution in [1.82, 2.24) is 0 Å². The summed E-state index contributed by atoms with van der Waals surface area (Å²) in [5.74, 6) is -5.28. The molecule has 0 spiro atoms. The van der Waals surface area contributed by atoms with Gasteiger partial charge in [-0.25, -0.2) is 18.0 Å². The van der Waals surface area contributed by atoms with Crippen molar-refractivity contribution in [2.45, 2.75) is 18.9 Å². The Bertz CT molecular complexity index is 464. The van der Waals surface area contributed by atoms with Gasteiger partial charge in [0.15, 0.2) is 17.5 Å². The van der Waals surface area contributed by atoms with Gasteiger partial charge in [0.05, 0.1) is 5.69 Å². The molecule has 1 aromatic carbocycles. The number of hydrogen-bond acceptors (Lipinski definition) is 2. The zero-order valence-corrected chi connectivity index (χ0v) is 8.79. The van der Waals surface area contributed by atoms with Crippen molar-refractivity contribution in [3.8, 4) is 0 Å². The predicted octanol–water partition coefficient (Wildman–Crippen LogP) is 2.16. The summed E-state index contributed by atoms with van der Waals surface area (Å²) in [4.78, 5) is 12.2. The molecule has 0 amide bonds. The molecule has 0 radical (unpaired) electrons. The summed E-state index contributed by atoms with van der Waals surface area (Å²) >= 11 is 0. The van der Waals surface area contributed by atoms with Crippen molar-refractivity contribution in [3.05, 3.63) is 29.6 Å². The fraction of sp³-hybridized carbons (Fsp3) is 0.364. The van der Waals surface area contributed by atoms with E-state index in [9.17, 15) is 18.0 Å². The molecule has 3 nitrogen and oxygen atoms in total. The van der Waals surface area contributed by atoms with Crippen molar-refractivity contribution in [2.24, 2.45) is 0 Å². The van der Waals surface area contributed by atoms with Gasteiger partial charge in [0.2, 0.25) is 0 Å². The van der Waals surface area contributed by atoms with Crippen LogP contribution in [0.15, 0.2) is 12.1 Å². The smallest absolute Gasteiger partial charge is 0.326 e. The lowest BCUT2D eigenvalue weighted by Crippen LogP contribution is -2.36. The minimum atomic E-state index is -1.57. The quantitative estimate of drug-likeness (QED) is 0.812. The highest BCUT2D eigenvalue weighted by Crippen LogP contribution is 2.30. The number of halogens is 3. The molecule has 1 heterocycles. The highest BCUT2D eigenvalue weighted by molar-refractivity contribution is 5.79. The summed E-state index contributed by atoms with van der Waals surface area (Å²) in [5, 5.41) is 8.93. The van der Waals surface area contributed by atoms with Gasteiger partial charge < -0.3 is 10.0 Å². The minimum absolute atomic E-state index is 0.200. The van der Waals surface area contributed by atoms with Crippen molar-refractivity contribution in [1.29, 1.82) is 0 Å². The monoisotopic (exact) mass is 245 g/mol. The highest BCUT2D eigenvalue weighted by atomic mass is 19.2. The third kappa shape index (κ3) is 1.94. The summed E-state index contributed by atoms with van der Waals surface area (Å²) in [6.07, 6.45) is 0.948. The molecule has 1 fully saturated rings. The first-order chi connectivity index (χ1) is 8.02. The third-order valence-electron chi connectivity index (χ3n) is 2.86. The van der Waals surface area contributed by atoms with E-state index in [2.05, 4.69) is 0 Å². The van der Waals surface area contributed by atoms with Crippen LogP contribution in [0.3, 0.4) is 0 Å². The molecule has 1 aliphatic rings. The third-order valence-corrected chi connectivity index (χ3v) is 2.86. The van der Waals surface area contributed by atoms with Crippen LogP contribution in [-0.4, -0.2) is 23.7 Å². The van der Waals surface area contributed by atoms with Gasteiger partial charge >= 0.3 is 5.97 Å². The van der Waals surface area contributed by atoms with E-state index in [1.165, 1.54) is 4.90 Å². The SMILES string of the molecule is O=C(O)C1CCCN1c1ccc(F)c(F)c1F. The summed E-state index contributed by atoms with van der Waals surface area (Å²) in [5.41, 5.74) is -0.200. The minimum Gasteiger partial charge on any atom is -0.480 e. The van der Waals surface area contributed by atoms with Crippen molar-refractivity contribution >= 4 is 11.7 Å². The molecular formula is C11H10F3NO2. The van der Waals surface area contributed by atoms with Gasteiger partial charge in [-0.3, -0.25) is 0 Å². The molecule has 0 saturated carbocycles. The molecule has 0 aromatic heterocycles. The summed E-state index contributed by atoms with van der Waals surface area (Å²) in [6.45, 7) is 0.318. The first-order valence-electron chi connectivity index (χ1n) is 5.15. The zero-order chi connectivity index (χ0) is 12.6. The molecule has 6 heteroatoms. The Morgan fingerprint density at radius 1 is 1.29 bits per heavy atom. The van der Waals surface area contributed by atoms with Crippen LogP contribution in [0.4, 0.5) is 18.9 Å². The van der Waals surface area contributed by atoms with Crippen LogP contribution in [0.2, 0.25) is 0 Å². The fourth-order valence-electron chi connectivity index (χ4n) is 2.05. The molecule has 2 rings (SSSR count). The second-order valence-corrected chi connectivity index (χ2v) is 3.88. The molecule has 1 saturated heterocycles. The van der Waals surface area contributed by atoms with E-state index < -0.39 is 29.5 Å². The molecule has 1 unspecified atom stereocenters. The number of aliphatic carboxylic acids is 1. The van der Waals surface area contributed by atoms with Crippen molar-refractivity contribution < 1.29 is 23.1 Å². The predicted molar refractivity (Wildman–Crippen MR) is 54.3 cm³/mol. The van der Waals surface area contributed by atoms with Crippen molar-refractivity contribution in [2.75, 3.05) is 11.4 Å². The molecule has 0 aliphatic carbocycles. The number of carbonyl (C=O) groups is 1. The zero-order valence-electron chi connectivity index (χ0n) is 8.79. The molecule has 17 heavy (non-hydrogen) atoms. The van der Waals surface area contributed by atoms with Crippen LogP contribution in [-0.2, 0) is 4.79 Å². The summed E-state index contributed by atoms with van der Waals surface area (Å²) in [7, 11) is 0. The van der Waals surface area contributed by atoms with Crippen LogP contribution >= 0.6 is 0 Å². The first-order valence-corrected chi connectivity index (χ1v) is 5.15. The second-order valence-electron chi connectivity index (χ2n) is 3.88. The normalized spacial score (nSPS) is 19.7. The average Bonchev–Trinajstić information content (AvgIpc) is 2.75. The van der Waals surface area contributed by atoms with Crippen LogP contribution < -0.4 is 4.90 Å². The molecular weight excluding hydrogens is 235 g/mol. The van der Waals surface area contributed by atoms with E-state index in [0.717, 1.165) is 12.1 Å². The number of benzene rings is 1. The van der Waals surface area contributed by atoms with Gasteiger partial charge in [0.25, 0.3) is 0 Å². The number of anilines is 1. The van der Waals surface area contributed by atoms with Gasteiger partial charge in [-0.05, 0) is 25.0 Å². The maximum absolute atomic E-state index is 13.5. The maximum atomic E-state index is 13.5. The van der Waals surface area contributed by atoms with E-state index in [0.29, 0.717) is 19.4 Å². The van der Waals surface area contributed by atoms with E-state index in [-0.39, 0.29) is 5.69 Å². The van der Waals surface area contributed by atoms with Crippen LogP contribution in [0.1, 0.15) is 12.8 Å². The molecule has 1 N–H and O–H groups in total. The lowest BCUT2D eigenvalue weighted by Gasteiger charge is -2.24. The van der Waals surface area contributed by atoms with Gasteiger partial charge in [0.1, 0.15) is 6.04 Å². The lowest BCUT2D eigenvalue weighted by molar-refractivity contribution is -0.138. The number of carboxylic acids is 1. The van der Waals surface area contributed by atoms with E-state index in [4.69, 9.17) is 5.11 Å². The Hall–Kier alpha value is -1.72. The Morgan fingerprint density at radius 3 is 2.65 bits per heavy atom. The molecule has 1 atom stereocenters. The molecule has 0 bridgehead atoms. The van der Waals surface area contributed by atoms with Crippen molar-refractivity contribution in [3.63, 3.8) is 0 Å². The maximum Gasteiger partial charge on any atom is 0.326 e. The first kappa shape index (κ1) is 11.8. The lowest BCUT2D eigenvalue weighted by atomic mass is 10.2. The largest absolute Gasteiger partial charge is 0.480 e. The fourth-order valence-corrected chi connectivity index (χ4v) is 2.05. The van der Waals surface area contributed by atoms with Gasteiger partial charge in [0, 0.05) is 6.54 Å². The number of carboxylic acid groups (broad SMARTS) is 1. The number of hydrogen-bond donors (Lipinski definition) is 1. The van der Waals surface area contributed by atoms with E-state index in [1.54, 1.807) is 0 Å². The second kappa shape index (κ2) is 4.27. The standard InChI is InChI=1S/C11H10F3NO2/c12-6-3-4-7(10(14)9(6)13)15-5-1-2-8(15)11(16)17/h3-4,8H,1-2,5H2,(H,16,17). The van der Waals surface area contributed by atoms with Crippen LogP contribution in [0.25, 0.3) is 0 Å². The van der Waals surface area contributed by atoms with E-state index in [1.807, 2.05) is 0 Å². The Balaban J connectivity index is 2.40. The number of nitrogens with zero attached hydrogens (tertiary/aromatic N) is 1.